The molecule has 1 rings (SSSR count). The summed E-state index contributed by atoms with van der Waals surface area (Å²) in [6.07, 6.45) is 2.24. The Bertz CT molecular complexity index is 385. The fourth-order valence-electron chi connectivity index (χ4n) is 1.04. The molecule has 0 heterocycles. The summed E-state index contributed by atoms with van der Waals surface area (Å²) in [7, 11) is 0. The predicted molar refractivity (Wildman–Crippen MR) is 60.8 cm³/mol. The highest BCUT2D eigenvalue weighted by molar-refractivity contribution is 6.02. The van der Waals surface area contributed by atoms with Crippen molar-refractivity contribution in [2.45, 2.75) is 6.92 Å². The summed E-state index contributed by atoms with van der Waals surface area (Å²) in [5.41, 5.74) is 0.681. The number of hydrogen-bond donors (Lipinski definition) is 1. The van der Waals surface area contributed by atoms with Crippen molar-refractivity contribution in [1.82, 2.24) is 0 Å². The van der Waals surface area contributed by atoms with Gasteiger partial charge in [-0.3, -0.25) is 4.79 Å². The molecule has 0 aliphatic carbocycles. The Kier molecular flexibility index (Phi) is 4.79. The number of carbonyl (C=O) groups is 2. The number of anilines is 1. The van der Waals surface area contributed by atoms with Crippen LogP contribution in [0, 0.1) is 0 Å². The van der Waals surface area contributed by atoms with Crippen LogP contribution < -0.4 is 5.32 Å². The minimum absolute atomic E-state index is 0.295. The lowest BCUT2D eigenvalue weighted by atomic mass is 10.3. The number of carbonyl (C=O) groups excluding carboxylic acids is 2. The summed E-state index contributed by atoms with van der Waals surface area (Å²) in [6, 6.07) is 8.99. The van der Waals surface area contributed by atoms with E-state index in [1.165, 1.54) is 0 Å². The fourth-order valence-corrected chi connectivity index (χ4v) is 1.04. The van der Waals surface area contributed by atoms with Crippen molar-refractivity contribution in [3.05, 3.63) is 42.5 Å². The van der Waals surface area contributed by atoms with E-state index in [1.807, 2.05) is 18.2 Å². The van der Waals surface area contributed by atoms with E-state index < -0.39 is 5.97 Å². The highest BCUT2D eigenvalue weighted by Crippen LogP contribution is 2.04. The minimum Gasteiger partial charge on any atom is -0.463 e. The SMILES string of the molecule is CCOC(=O)/C=C/C(=O)Nc1ccccc1. The Labute approximate surface area is 93.9 Å². The zero-order valence-corrected chi connectivity index (χ0v) is 8.97. The van der Waals surface area contributed by atoms with Gasteiger partial charge < -0.3 is 10.1 Å². The molecule has 0 radical (unpaired) electrons. The molecular weight excluding hydrogens is 206 g/mol. The van der Waals surface area contributed by atoms with E-state index in [-0.39, 0.29) is 5.91 Å². The molecule has 1 amide bonds. The first-order valence-corrected chi connectivity index (χ1v) is 4.93. The Hall–Kier alpha value is -2.10. The third-order valence-electron chi connectivity index (χ3n) is 1.70. The molecule has 84 valence electrons. The number of benzene rings is 1. The fraction of sp³-hybridized carbons (Fsp3) is 0.167. The lowest BCUT2D eigenvalue weighted by Gasteiger charge is -2.00. The van der Waals surface area contributed by atoms with Crippen LogP contribution >= 0.6 is 0 Å². The summed E-state index contributed by atoms with van der Waals surface area (Å²) >= 11 is 0. The van der Waals surface area contributed by atoms with E-state index in [2.05, 4.69) is 10.1 Å². The van der Waals surface area contributed by atoms with E-state index in [4.69, 9.17) is 0 Å². The number of para-hydroxylation sites is 1. The van der Waals surface area contributed by atoms with Crippen LogP contribution in [0.1, 0.15) is 6.92 Å². The molecule has 1 aromatic carbocycles. The van der Waals surface area contributed by atoms with Crippen molar-refractivity contribution in [2.24, 2.45) is 0 Å². The normalized spacial score (nSPS) is 10.1. The van der Waals surface area contributed by atoms with Crippen LogP contribution in [0.5, 0.6) is 0 Å². The third-order valence-corrected chi connectivity index (χ3v) is 1.70. The summed E-state index contributed by atoms with van der Waals surface area (Å²) in [5.74, 6) is -0.884. The van der Waals surface area contributed by atoms with E-state index in [0.29, 0.717) is 12.3 Å². The molecule has 1 N–H and O–H groups in total. The van der Waals surface area contributed by atoms with Gasteiger partial charge in [-0.15, -0.1) is 0 Å². The van der Waals surface area contributed by atoms with Crippen LogP contribution in [0.25, 0.3) is 0 Å². The van der Waals surface area contributed by atoms with Crippen molar-refractivity contribution in [2.75, 3.05) is 11.9 Å². The topological polar surface area (TPSA) is 55.4 Å². The van der Waals surface area contributed by atoms with E-state index in [1.54, 1.807) is 19.1 Å². The number of hydrogen-bond acceptors (Lipinski definition) is 3. The highest BCUT2D eigenvalue weighted by Gasteiger charge is 1.98. The van der Waals surface area contributed by atoms with Crippen LogP contribution in [0.4, 0.5) is 5.69 Å². The van der Waals surface area contributed by atoms with Gasteiger partial charge in [0.1, 0.15) is 0 Å². The second-order valence-corrected chi connectivity index (χ2v) is 2.94. The van der Waals surface area contributed by atoms with E-state index >= 15 is 0 Å². The average Bonchev–Trinajstić information content (AvgIpc) is 2.28. The molecule has 0 saturated heterocycles. The van der Waals surface area contributed by atoms with Crippen LogP contribution in [-0.2, 0) is 14.3 Å². The van der Waals surface area contributed by atoms with Crippen molar-refractivity contribution in [3.63, 3.8) is 0 Å². The maximum absolute atomic E-state index is 11.3. The summed E-state index contributed by atoms with van der Waals surface area (Å²) in [5, 5.41) is 2.61. The Morgan fingerprint density at radius 2 is 1.94 bits per heavy atom. The zero-order chi connectivity index (χ0) is 11.8. The molecule has 0 atom stereocenters. The van der Waals surface area contributed by atoms with E-state index in [0.717, 1.165) is 12.2 Å². The lowest BCUT2D eigenvalue weighted by Crippen LogP contribution is -2.09. The molecule has 4 heteroatoms. The van der Waals surface area contributed by atoms with Gasteiger partial charge in [0.15, 0.2) is 0 Å². The first-order valence-electron chi connectivity index (χ1n) is 4.93. The zero-order valence-electron chi connectivity index (χ0n) is 8.97. The molecule has 0 aliphatic heterocycles. The predicted octanol–water partition coefficient (Wildman–Crippen LogP) is 1.74. The Balaban J connectivity index is 2.45. The largest absolute Gasteiger partial charge is 0.463 e. The maximum Gasteiger partial charge on any atom is 0.330 e. The minimum atomic E-state index is -0.522. The van der Waals surface area contributed by atoms with Crippen LogP contribution in [0.15, 0.2) is 42.5 Å². The molecule has 0 fully saturated rings. The van der Waals surface area contributed by atoms with Gasteiger partial charge in [0.05, 0.1) is 6.61 Å². The number of rotatable bonds is 4. The van der Waals surface area contributed by atoms with Crippen molar-refractivity contribution in [3.8, 4) is 0 Å². The van der Waals surface area contributed by atoms with Gasteiger partial charge in [-0.05, 0) is 19.1 Å². The molecule has 0 unspecified atom stereocenters. The van der Waals surface area contributed by atoms with Crippen molar-refractivity contribution < 1.29 is 14.3 Å². The maximum atomic E-state index is 11.3. The average molecular weight is 219 g/mol. The van der Waals surface area contributed by atoms with Gasteiger partial charge >= 0.3 is 5.97 Å². The van der Waals surface area contributed by atoms with Crippen molar-refractivity contribution in [1.29, 1.82) is 0 Å². The first-order chi connectivity index (χ1) is 7.72. The van der Waals surface area contributed by atoms with Gasteiger partial charge in [0.2, 0.25) is 5.91 Å². The molecule has 4 nitrogen and oxygen atoms in total. The lowest BCUT2D eigenvalue weighted by molar-refractivity contribution is -0.137. The highest BCUT2D eigenvalue weighted by atomic mass is 16.5. The standard InChI is InChI=1S/C12H13NO3/c1-2-16-12(15)9-8-11(14)13-10-6-4-3-5-7-10/h3-9H,2H2,1H3,(H,13,14)/b9-8+. The summed E-state index contributed by atoms with van der Waals surface area (Å²) in [4.78, 5) is 22.2. The van der Waals surface area contributed by atoms with Gasteiger partial charge in [-0.2, -0.15) is 0 Å². The van der Waals surface area contributed by atoms with Crippen LogP contribution in [-0.4, -0.2) is 18.5 Å². The molecular formula is C12H13NO3. The molecule has 0 aromatic heterocycles. The summed E-state index contributed by atoms with van der Waals surface area (Å²) in [6.45, 7) is 2.00. The molecule has 16 heavy (non-hydrogen) atoms. The number of nitrogens with one attached hydrogen (secondary N) is 1. The van der Waals surface area contributed by atoms with Crippen LogP contribution in [0.2, 0.25) is 0 Å². The van der Waals surface area contributed by atoms with Gasteiger partial charge in [0, 0.05) is 17.8 Å². The number of ether oxygens (including phenoxy) is 1. The second-order valence-electron chi connectivity index (χ2n) is 2.94. The quantitative estimate of drug-likeness (QED) is 0.620. The van der Waals surface area contributed by atoms with Crippen LogP contribution in [0.3, 0.4) is 0 Å². The first kappa shape index (κ1) is 12.0. The Morgan fingerprint density at radius 3 is 2.56 bits per heavy atom. The van der Waals surface area contributed by atoms with E-state index in [9.17, 15) is 9.59 Å². The molecule has 0 spiro atoms. The van der Waals surface area contributed by atoms with Gasteiger partial charge in [-0.25, -0.2) is 4.79 Å². The second kappa shape index (κ2) is 6.40. The summed E-state index contributed by atoms with van der Waals surface area (Å²) < 4.78 is 4.64. The number of amides is 1. The number of esters is 1. The van der Waals surface area contributed by atoms with Gasteiger partial charge in [-0.1, -0.05) is 18.2 Å². The third kappa shape index (κ3) is 4.41. The molecule has 0 aliphatic rings. The molecule has 0 bridgehead atoms. The monoisotopic (exact) mass is 219 g/mol. The molecule has 0 saturated carbocycles. The van der Waals surface area contributed by atoms with Crippen molar-refractivity contribution >= 4 is 17.6 Å². The smallest absolute Gasteiger partial charge is 0.330 e. The Morgan fingerprint density at radius 1 is 1.25 bits per heavy atom. The molecule has 1 aromatic rings. The van der Waals surface area contributed by atoms with Gasteiger partial charge in [0.25, 0.3) is 0 Å².